The highest BCUT2D eigenvalue weighted by molar-refractivity contribution is 7.15. The molecular weight excluding hydrogens is 420 g/mol. The molecule has 2 fully saturated rings. The fourth-order valence-electron chi connectivity index (χ4n) is 4.80. The maximum atomic E-state index is 13.8. The van der Waals surface area contributed by atoms with Gasteiger partial charge in [0.25, 0.3) is 0 Å². The van der Waals surface area contributed by atoms with E-state index >= 15 is 0 Å². The van der Waals surface area contributed by atoms with Gasteiger partial charge in [0.05, 0.1) is 10.6 Å². The lowest BCUT2D eigenvalue weighted by atomic mass is 9.77. The summed E-state index contributed by atoms with van der Waals surface area (Å²) in [5.74, 6) is 6.68. The molecule has 2 aliphatic rings. The molecule has 5 nitrogen and oxygen atoms in total. The zero-order valence-electron chi connectivity index (χ0n) is 20.4. The first-order valence-electron chi connectivity index (χ1n) is 11.8. The van der Waals surface area contributed by atoms with Crippen LogP contribution < -0.4 is 4.90 Å². The third-order valence-electron chi connectivity index (χ3n) is 6.53. The van der Waals surface area contributed by atoms with Crippen LogP contribution in [0.2, 0.25) is 0 Å². The van der Waals surface area contributed by atoms with Crippen molar-refractivity contribution in [2.75, 3.05) is 25.5 Å². The molecule has 0 spiro atoms. The first-order valence-corrected chi connectivity index (χ1v) is 12.6. The van der Waals surface area contributed by atoms with E-state index in [1.165, 1.54) is 11.3 Å². The monoisotopic (exact) mass is 458 g/mol. The first-order chi connectivity index (χ1) is 14.9. The van der Waals surface area contributed by atoms with Gasteiger partial charge in [-0.3, -0.25) is 4.79 Å². The number of carbonyl (C=O) groups excluding carboxylic acids is 1. The number of rotatable bonds is 6. The zero-order chi connectivity index (χ0) is 23.6. The largest absolute Gasteiger partial charge is 0.477 e. The van der Waals surface area contributed by atoms with Gasteiger partial charge in [0.15, 0.2) is 0 Å². The summed E-state index contributed by atoms with van der Waals surface area (Å²) in [6, 6.07) is 1.91. The number of nitrogens with zero attached hydrogens (tertiary/aromatic N) is 2. The van der Waals surface area contributed by atoms with Crippen LogP contribution in [-0.2, 0) is 4.79 Å². The minimum Gasteiger partial charge on any atom is -0.477 e. The van der Waals surface area contributed by atoms with Crippen LogP contribution in [-0.4, -0.2) is 48.6 Å². The Morgan fingerprint density at radius 3 is 2.31 bits per heavy atom. The molecule has 0 aromatic carbocycles. The van der Waals surface area contributed by atoms with Crippen LogP contribution >= 0.6 is 11.3 Å². The van der Waals surface area contributed by atoms with Gasteiger partial charge in [0.1, 0.15) is 4.88 Å². The quantitative estimate of drug-likeness (QED) is 0.584. The van der Waals surface area contributed by atoms with Crippen molar-refractivity contribution in [1.82, 2.24) is 4.90 Å². The van der Waals surface area contributed by atoms with Crippen molar-refractivity contribution in [2.24, 2.45) is 23.2 Å². The van der Waals surface area contributed by atoms with E-state index in [0.29, 0.717) is 22.4 Å². The van der Waals surface area contributed by atoms with Gasteiger partial charge in [0, 0.05) is 23.9 Å². The minimum absolute atomic E-state index is 0.00949. The minimum atomic E-state index is -0.979. The van der Waals surface area contributed by atoms with Crippen LogP contribution in [0.3, 0.4) is 0 Å². The number of carbonyl (C=O) groups is 2. The Morgan fingerprint density at radius 2 is 1.78 bits per heavy atom. The van der Waals surface area contributed by atoms with Crippen molar-refractivity contribution in [1.29, 1.82) is 0 Å². The van der Waals surface area contributed by atoms with Gasteiger partial charge in [-0.1, -0.05) is 18.8 Å². The predicted molar refractivity (Wildman–Crippen MR) is 131 cm³/mol. The van der Waals surface area contributed by atoms with Gasteiger partial charge in [-0.2, -0.15) is 0 Å². The zero-order valence-corrected chi connectivity index (χ0v) is 21.2. The van der Waals surface area contributed by atoms with E-state index in [9.17, 15) is 14.7 Å². The Morgan fingerprint density at radius 1 is 1.16 bits per heavy atom. The molecule has 0 unspecified atom stereocenters. The van der Waals surface area contributed by atoms with Crippen LogP contribution in [0.1, 0.15) is 80.8 Å². The number of carboxylic acid groups (broad SMARTS) is 1. The predicted octanol–water partition coefficient (Wildman–Crippen LogP) is 5.34. The molecule has 1 amide bonds. The van der Waals surface area contributed by atoms with Crippen molar-refractivity contribution in [3.05, 3.63) is 15.8 Å². The number of thiophene rings is 1. The van der Waals surface area contributed by atoms with Gasteiger partial charge in [-0.15, -0.1) is 11.3 Å². The van der Waals surface area contributed by atoms with Gasteiger partial charge in [-0.25, -0.2) is 4.79 Å². The van der Waals surface area contributed by atoms with Crippen LogP contribution in [0, 0.1) is 35.0 Å². The Hall–Kier alpha value is -1.84. The molecule has 2 aliphatic carbocycles. The molecule has 176 valence electrons. The molecule has 3 rings (SSSR count). The average molecular weight is 459 g/mol. The molecule has 0 aliphatic heterocycles. The second-order valence-corrected chi connectivity index (χ2v) is 12.1. The van der Waals surface area contributed by atoms with Crippen LogP contribution in [0.25, 0.3) is 0 Å². The number of hydrogen-bond acceptors (Lipinski definition) is 4. The van der Waals surface area contributed by atoms with E-state index in [2.05, 4.69) is 37.8 Å². The summed E-state index contributed by atoms with van der Waals surface area (Å²) in [6.45, 7) is 9.35. The molecule has 6 heteroatoms. The molecule has 0 atom stereocenters. The standard InChI is InChI=1S/C26H38N2O3S/c1-17-7-9-19(10-8-17)24(29)28(20-13-18(14-20)16-27(5)6)22-15-21(11-12-26(2,3)4)32-23(22)25(30)31/h15,17-20H,7-10,13-14,16H2,1-6H3,(H,30,31)/t17-,18?,19+,20?. The lowest BCUT2D eigenvalue weighted by Gasteiger charge is -2.45. The van der Waals surface area contributed by atoms with Crippen LogP contribution in [0.4, 0.5) is 5.69 Å². The Balaban J connectivity index is 1.93. The highest BCUT2D eigenvalue weighted by Gasteiger charge is 2.41. The van der Waals surface area contributed by atoms with Gasteiger partial charge in [-0.05, 0) is 91.3 Å². The van der Waals surface area contributed by atoms with E-state index in [-0.39, 0.29) is 28.2 Å². The van der Waals surface area contributed by atoms with E-state index < -0.39 is 5.97 Å². The third kappa shape index (κ3) is 6.14. The van der Waals surface area contributed by atoms with Crippen molar-refractivity contribution in [3.8, 4) is 11.8 Å². The van der Waals surface area contributed by atoms with Gasteiger partial charge < -0.3 is 14.9 Å². The average Bonchev–Trinajstić information content (AvgIpc) is 3.08. The number of aromatic carboxylic acids is 1. The molecule has 2 saturated carbocycles. The summed E-state index contributed by atoms with van der Waals surface area (Å²) in [4.78, 5) is 30.9. The summed E-state index contributed by atoms with van der Waals surface area (Å²) in [6.07, 6.45) is 5.77. The Bertz CT molecular complexity index is 888. The number of anilines is 1. The first kappa shape index (κ1) is 24.8. The van der Waals surface area contributed by atoms with E-state index in [1.807, 2.05) is 31.7 Å². The molecule has 1 aromatic rings. The number of hydrogen-bond donors (Lipinski definition) is 1. The summed E-state index contributed by atoms with van der Waals surface area (Å²) in [5, 5.41) is 9.94. The SMILES string of the molecule is CN(C)CC1CC(N(c2cc(C#CC(C)(C)C)sc2C(=O)O)C(=O)[C@H]2CC[C@@H](C)CC2)C1. The van der Waals surface area contributed by atoms with Crippen LogP contribution in [0.5, 0.6) is 0 Å². The highest BCUT2D eigenvalue weighted by atomic mass is 32.1. The summed E-state index contributed by atoms with van der Waals surface area (Å²) in [7, 11) is 4.14. The molecule has 32 heavy (non-hydrogen) atoms. The number of carboxylic acids is 1. The lowest BCUT2D eigenvalue weighted by Crippen LogP contribution is -2.52. The summed E-state index contributed by atoms with van der Waals surface area (Å²) < 4.78 is 0. The fourth-order valence-corrected chi connectivity index (χ4v) is 5.64. The molecule has 0 saturated heterocycles. The second kappa shape index (κ2) is 9.97. The normalized spacial score (nSPS) is 25.6. The topological polar surface area (TPSA) is 60.9 Å². The second-order valence-electron chi connectivity index (χ2n) is 11.0. The molecule has 0 bridgehead atoms. The van der Waals surface area contributed by atoms with Gasteiger partial charge >= 0.3 is 5.97 Å². The highest BCUT2D eigenvalue weighted by Crippen LogP contribution is 2.41. The maximum absolute atomic E-state index is 13.8. The number of amides is 1. The molecule has 0 radical (unpaired) electrons. The smallest absolute Gasteiger partial charge is 0.348 e. The van der Waals surface area contributed by atoms with E-state index in [4.69, 9.17) is 0 Å². The van der Waals surface area contributed by atoms with E-state index in [0.717, 1.165) is 45.1 Å². The van der Waals surface area contributed by atoms with Crippen molar-refractivity contribution >= 4 is 28.9 Å². The van der Waals surface area contributed by atoms with Crippen molar-refractivity contribution in [2.45, 2.75) is 72.3 Å². The van der Waals surface area contributed by atoms with E-state index in [1.54, 1.807) is 0 Å². The molecule has 1 heterocycles. The Kier molecular flexibility index (Phi) is 7.73. The van der Waals surface area contributed by atoms with Gasteiger partial charge in [0.2, 0.25) is 5.91 Å². The summed E-state index contributed by atoms with van der Waals surface area (Å²) in [5.41, 5.74) is 0.382. The molecular formula is C26H38N2O3S. The third-order valence-corrected chi connectivity index (χ3v) is 7.56. The molecule has 1 N–H and O–H groups in total. The lowest BCUT2D eigenvalue weighted by molar-refractivity contribution is -0.124. The van der Waals surface area contributed by atoms with Crippen LogP contribution in [0.15, 0.2) is 6.07 Å². The maximum Gasteiger partial charge on any atom is 0.348 e. The summed E-state index contributed by atoms with van der Waals surface area (Å²) >= 11 is 1.19. The Labute approximate surface area is 197 Å². The fraction of sp³-hybridized carbons (Fsp3) is 0.692. The van der Waals surface area contributed by atoms with Crippen molar-refractivity contribution < 1.29 is 14.7 Å². The molecule has 1 aromatic heterocycles. The van der Waals surface area contributed by atoms with Crippen molar-refractivity contribution in [3.63, 3.8) is 0 Å².